The molecule has 0 spiro atoms. The Labute approximate surface area is 218 Å². The Morgan fingerprint density at radius 1 is 0.917 bits per heavy atom. The molecule has 0 unspecified atom stereocenters. The van der Waals surface area contributed by atoms with Gasteiger partial charge in [0.25, 0.3) is 0 Å². The summed E-state index contributed by atoms with van der Waals surface area (Å²) in [6.07, 6.45) is 1.84. The van der Waals surface area contributed by atoms with Gasteiger partial charge < -0.3 is 19.5 Å². The maximum atomic E-state index is 6.06. The largest absolute Gasteiger partial charge is 0.457 e. The Balaban J connectivity index is 1.53. The maximum absolute atomic E-state index is 6.06. The second-order valence-corrected chi connectivity index (χ2v) is 10.1. The van der Waals surface area contributed by atoms with Crippen LogP contribution >= 0.6 is 12.2 Å². The first-order valence-electron chi connectivity index (χ1n) is 12.4. The van der Waals surface area contributed by atoms with Crippen molar-refractivity contribution < 1.29 is 4.74 Å². The number of anilines is 1. The zero-order valence-electron chi connectivity index (χ0n) is 21.4. The summed E-state index contributed by atoms with van der Waals surface area (Å²) in [5, 5.41) is 4.26. The highest BCUT2D eigenvalue weighted by Gasteiger charge is 2.42. The first kappa shape index (κ1) is 24.1. The van der Waals surface area contributed by atoms with Crippen LogP contribution in [0.25, 0.3) is 0 Å². The Bertz CT molecular complexity index is 1360. The van der Waals surface area contributed by atoms with Gasteiger partial charge in [-0.05, 0) is 107 Å². The number of pyridine rings is 1. The number of aromatic nitrogens is 2. The number of thiocarbonyl (C=S) groups is 1. The van der Waals surface area contributed by atoms with Gasteiger partial charge in [-0.25, -0.2) is 0 Å². The van der Waals surface area contributed by atoms with E-state index in [0.717, 1.165) is 22.9 Å². The van der Waals surface area contributed by atoms with E-state index >= 15 is 0 Å². The Kier molecular flexibility index (Phi) is 6.54. The van der Waals surface area contributed by atoms with E-state index in [4.69, 9.17) is 17.0 Å². The lowest BCUT2D eigenvalue weighted by Crippen LogP contribution is -2.29. The molecule has 1 saturated heterocycles. The van der Waals surface area contributed by atoms with Gasteiger partial charge in [0.15, 0.2) is 5.11 Å². The third-order valence-corrected chi connectivity index (χ3v) is 7.14. The van der Waals surface area contributed by atoms with Crippen LogP contribution in [0.4, 0.5) is 5.69 Å². The van der Waals surface area contributed by atoms with Crippen LogP contribution in [-0.4, -0.2) is 14.7 Å². The molecule has 36 heavy (non-hydrogen) atoms. The minimum atomic E-state index is -0.0664. The molecule has 5 rings (SSSR count). The van der Waals surface area contributed by atoms with Crippen LogP contribution in [0.2, 0.25) is 0 Å². The van der Waals surface area contributed by atoms with E-state index in [1.807, 2.05) is 54.7 Å². The van der Waals surface area contributed by atoms with Gasteiger partial charge in [-0.1, -0.05) is 23.8 Å². The molecule has 0 bridgehead atoms. The average Bonchev–Trinajstić information content (AvgIpc) is 3.36. The van der Waals surface area contributed by atoms with E-state index < -0.39 is 0 Å². The van der Waals surface area contributed by atoms with Gasteiger partial charge in [0.2, 0.25) is 0 Å². The van der Waals surface area contributed by atoms with Crippen LogP contribution in [-0.2, 0) is 0 Å². The van der Waals surface area contributed by atoms with Crippen molar-refractivity contribution in [2.24, 2.45) is 0 Å². The molecule has 1 aliphatic heterocycles. The number of nitrogens with one attached hydrogen (secondary N) is 1. The molecule has 184 valence electrons. The van der Waals surface area contributed by atoms with E-state index in [1.165, 1.54) is 22.5 Å². The van der Waals surface area contributed by atoms with E-state index in [-0.39, 0.29) is 12.1 Å². The fourth-order valence-corrected chi connectivity index (χ4v) is 5.61. The molecule has 4 aromatic rings. The maximum Gasteiger partial charge on any atom is 0.174 e. The molecule has 0 aliphatic carbocycles. The van der Waals surface area contributed by atoms with Crippen LogP contribution in [0.5, 0.6) is 11.5 Å². The first-order chi connectivity index (χ1) is 17.3. The van der Waals surface area contributed by atoms with Crippen LogP contribution in [0.1, 0.15) is 60.2 Å². The number of nitrogens with zero attached hydrogens (tertiary/aromatic N) is 3. The number of hydrogen-bond donors (Lipinski definition) is 1. The van der Waals surface area contributed by atoms with Crippen LogP contribution in [0.15, 0.2) is 79.0 Å². The second kappa shape index (κ2) is 9.78. The molecule has 2 atom stereocenters. The Morgan fingerprint density at radius 2 is 1.58 bits per heavy atom. The summed E-state index contributed by atoms with van der Waals surface area (Å²) in [5.41, 5.74) is 6.95. The summed E-state index contributed by atoms with van der Waals surface area (Å²) < 4.78 is 8.46. The van der Waals surface area contributed by atoms with Crippen molar-refractivity contribution in [2.45, 2.75) is 52.7 Å². The van der Waals surface area contributed by atoms with Crippen molar-refractivity contribution >= 4 is 23.0 Å². The molecule has 3 heterocycles. The lowest BCUT2D eigenvalue weighted by Gasteiger charge is -2.28. The fraction of sp³-hybridized carbons (Fsp3) is 0.267. The monoisotopic (exact) mass is 496 g/mol. The van der Waals surface area contributed by atoms with E-state index in [1.54, 1.807) is 0 Å². The quantitative estimate of drug-likeness (QED) is 0.283. The predicted molar refractivity (Wildman–Crippen MR) is 150 cm³/mol. The number of rotatable bonds is 6. The lowest BCUT2D eigenvalue weighted by molar-refractivity contribution is 0.482. The van der Waals surface area contributed by atoms with Crippen molar-refractivity contribution in [3.05, 3.63) is 107 Å². The van der Waals surface area contributed by atoms with Gasteiger partial charge in [-0.15, -0.1) is 0 Å². The molecular formula is C30H32N4OS. The van der Waals surface area contributed by atoms with Gasteiger partial charge in [-0.2, -0.15) is 0 Å². The van der Waals surface area contributed by atoms with Gasteiger partial charge in [-0.3, -0.25) is 4.98 Å². The van der Waals surface area contributed by atoms with Gasteiger partial charge in [0.05, 0.1) is 17.8 Å². The number of ether oxygens (including phenoxy) is 1. The molecule has 2 aromatic heterocycles. The SMILES string of the molecule is Cc1ccc(Oc2ccc(N3C(=S)N[C@H](c4ccccn4)[C@H]3c3cc(C)n(C(C)C)c3C)cc2)cc1. The summed E-state index contributed by atoms with van der Waals surface area (Å²) in [5.74, 6) is 1.61. The number of aryl methyl sites for hydroxylation is 2. The third kappa shape index (κ3) is 4.49. The Hall–Kier alpha value is -3.64. The number of benzene rings is 2. The van der Waals surface area contributed by atoms with Crippen molar-refractivity contribution in [1.82, 2.24) is 14.9 Å². The minimum absolute atomic E-state index is 0.0324. The molecule has 5 nitrogen and oxygen atoms in total. The van der Waals surface area contributed by atoms with Gasteiger partial charge in [0.1, 0.15) is 11.5 Å². The van der Waals surface area contributed by atoms with E-state index in [2.05, 4.69) is 78.7 Å². The summed E-state index contributed by atoms with van der Waals surface area (Å²) in [6.45, 7) is 10.9. The van der Waals surface area contributed by atoms with Crippen molar-refractivity contribution in [2.75, 3.05) is 4.90 Å². The lowest BCUT2D eigenvalue weighted by atomic mass is 9.96. The second-order valence-electron chi connectivity index (χ2n) is 9.70. The summed E-state index contributed by atoms with van der Waals surface area (Å²) in [7, 11) is 0. The standard InChI is InChI=1S/C30H32N4OS/c1-19(2)33-21(4)18-26(22(33)5)29-28(27-8-6-7-17-31-27)32-30(36)34(29)23-11-15-25(16-12-23)35-24-13-9-20(3)10-14-24/h6-19,28-29H,1-5H3,(H,32,36)/t28-,29-/m1/s1. The third-order valence-electron chi connectivity index (χ3n) is 6.83. The zero-order chi connectivity index (χ0) is 25.4. The van der Waals surface area contributed by atoms with Crippen LogP contribution in [0.3, 0.4) is 0 Å². The highest BCUT2D eigenvalue weighted by atomic mass is 32.1. The predicted octanol–water partition coefficient (Wildman–Crippen LogP) is 7.36. The molecule has 2 aromatic carbocycles. The summed E-state index contributed by atoms with van der Waals surface area (Å²) in [4.78, 5) is 6.90. The highest BCUT2D eigenvalue weighted by molar-refractivity contribution is 7.80. The Morgan fingerprint density at radius 3 is 2.17 bits per heavy atom. The normalized spacial score (nSPS) is 17.5. The molecule has 0 saturated carbocycles. The smallest absolute Gasteiger partial charge is 0.174 e. The van der Waals surface area contributed by atoms with Gasteiger partial charge in [0, 0.05) is 29.3 Å². The molecule has 0 radical (unpaired) electrons. The fourth-order valence-electron chi connectivity index (χ4n) is 5.26. The summed E-state index contributed by atoms with van der Waals surface area (Å²) >= 11 is 5.91. The van der Waals surface area contributed by atoms with E-state index in [9.17, 15) is 0 Å². The molecular weight excluding hydrogens is 464 g/mol. The van der Waals surface area contributed by atoms with Gasteiger partial charge >= 0.3 is 0 Å². The molecule has 0 amide bonds. The van der Waals surface area contributed by atoms with Crippen LogP contribution in [0, 0.1) is 20.8 Å². The molecule has 1 N–H and O–H groups in total. The molecule has 1 aliphatic rings. The topological polar surface area (TPSA) is 42.3 Å². The van der Waals surface area contributed by atoms with Crippen molar-refractivity contribution in [3.8, 4) is 11.5 Å². The van der Waals surface area contributed by atoms with Crippen molar-refractivity contribution in [3.63, 3.8) is 0 Å². The number of hydrogen-bond acceptors (Lipinski definition) is 3. The molecule has 1 fully saturated rings. The summed E-state index contributed by atoms with van der Waals surface area (Å²) in [6, 6.07) is 24.8. The minimum Gasteiger partial charge on any atom is -0.457 e. The average molecular weight is 497 g/mol. The zero-order valence-corrected chi connectivity index (χ0v) is 22.2. The van der Waals surface area contributed by atoms with Crippen molar-refractivity contribution in [1.29, 1.82) is 0 Å². The van der Waals surface area contributed by atoms with Crippen LogP contribution < -0.4 is 15.0 Å². The first-order valence-corrected chi connectivity index (χ1v) is 12.8. The molecule has 6 heteroatoms. The highest BCUT2D eigenvalue weighted by Crippen LogP contribution is 2.44. The van der Waals surface area contributed by atoms with E-state index in [0.29, 0.717) is 11.2 Å².